The third kappa shape index (κ3) is 4.59. The van der Waals surface area contributed by atoms with Gasteiger partial charge in [-0.2, -0.15) is 0 Å². The van der Waals surface area contributed by atoms with Crippen LogP contribution in [0.15, 0.2) is 48.5 Å². The molecule has 3 nitrogen and oxygen atoms in total. The third-order valence-electron chi connectivity index (χ3n) is 3.54. The van der Waals surface area contributed by atoms with E-state index in [0.717, 1.165) is 16.9 Å². The molecule has 0 spiro atoms. The van der Waals surface area contributed by atoms with E-state index in [2.05, 4.69) is 20.8 Å². The molecule has 2 aromatic rings. The number of carbonyl (C=O) groups excluding carboxylic acids is 1. The Bertz CT molecular complexity index is 654. The number of ether oxygens (including phenoxy) is 2. The lowest BCUT2D eigenvalue weighted by atomic mass is 9.85. The van der Waals surface area contributed by atoms with E-state index in [1.54, 1.807) is 13.0 Å². The fraction of sp³-hybridized carbons (Fsp3) is 0.350. The molecule has 0 saturated carbocycles. The Hall–Kier alpha value is -2.29. The SMILES string of the molecule is CCOC(=O)c1ccc(OCc2ccccc2)c(C(C)(C)C)c1. The summed E-state index contributed by atoms with van der Waals surface area (Å²) in [6.45, 7) is 8.99. The number of carbonyl (C=O) groups is 1. The zero-order chi connectivity index (χ0) is 16.9. The lowest BCUT2D eigenvalue weighted by Gasteiger charge is -2.23. The van der Waals surface area contributed by atoms with Crippen LogP contribution in [0, 0.1) is 0 Å². The molecule has 0 amide bonds. The summed E-state index contributed by atoms with van der Waals surface area (Å²) in [5, 5.41) is 0. The molecule has 0 bridgehead atoms. The molecule has 0 aliphatic heterocycles. The first-order valence-corrected chi connectivity index (χ1v) is 7.90. The van der Waals surface area contributed by atoms with Gasteiger partial charge in [-0.05, 0) is 36.1 Å². The lowest BCUT2D eigenvalue weighted by molar-refractivity contribution is 0.0526. The van der Waals surface area contributed by atoms with Crippen LogP contribution in [0.25, 0.3) is 0 Å². The van der Waals surface area contributed by atoms with Gasteiger partial charge in [0.25, 0.3) is 0 Å². The molecule has 23 heavy (non-hydrogen) atoms. The third-order valence-corrected chi connectivity index (χ3v) is 3.54. The molecular weight excluding hydrogens is 288 g/mol. The number of hydrogen-bond donors (Lipinski definition) is 0. The maximum absolute atomic E-state index is 12.0. The number of rotatable bonds is 5. The predicted molar refractivity (Wildman–Crippen MR) is 91.9 cm³/mol. The molecule has 0 aromatic heterocycles. The standard InChI is InChI=1S/C20H24O3/c1-5-22-19(21)16-11-12-18(17(13-16)20(2,3)4)23-14-15-9-7-6-8-10-15/h6-13H,5,14H2,1-4H3. The smallest absolute Gasteiger partial charge is 0.338 e. The Morgan fingerprint density at radius 1 is 1.04 bits per heavy atom. The summed E-state index contributed by atoms with van der Waals surface area (Å²) in [4.78, 5) is 12.0. The van der Waals surface area contributed by atoms with Gasteiger partial charge in [-0.15, -0.1) is 0 Å². The van der Waals surface area contributed by atoms with E-state index in [1.165, 1.54) is 0 Å². The van der Waals surface area contributed by atoms with E-state index in [0.29, 0.717) is 18.8 Å². The summed E-state index contributed by atoms with van der Waals surface area (Å²) in [5.74, 6) is 0.502. The summed E-state index contributed by atoms with van der Waals surface area (Å²) in [6, 6.07) is 15.5. The van der Waals surface area contributed by atoms with Gasteiger partial charge in [0, 0.05) is 5.56 Å². The molecule has 0 N–H and O–H groups in total. The highest BCUT2D eigenvalue weighted by Gasteiger charge is 2.21. The van der Waals surface area contributed by atoms with Gasteiger partial charge in [0.05, 0.1) is 12.2 Å². The Balaban J connectivity index is 2.26. The van der Waals surface area contributed by atoms with Crippen molar-refractivity contribution >= 4 is 5.97 Å². The fourth-order valence-corrected chi connectivity index (χ4v) is 2.32. The molecule has 0 fully saturated rings. The monoisotopic (exact) mass is 312 g/mol. The number of esters is 1. The van der Waals surface area contributed by atoms with Gasteiger partial charge < -0.3 is 9.47 Å². The molecule has 0 saturated heterocycles. The largest absolute Gasteiger partial charge is 0.489 e. The van der Waals surface area contributed by atoms with Crippen LogP contribution in [0.4, 0.5) is 0 Å². The highest BCUT2D eigenvalue weighted by Crippen LogP contribution is 2.33. The molecular formula is C20H24O3. The van der Waals surface area contributed by atoms with Crippen molar-refractivity contribution in [3.05, 3.63) is 65.2 Å². The normalized spacial score (nSPS) is 11.1. The van der Waals surface area contributed by atoms with Crippen molar-refractivity contribution in [2.45, 2.75) is 39.7 Å². The van der Waals surface area contributed by atoms with Gasteiger partial charge in [-0.3, -0.25) is 0 Å². The highest BCUT2D eigenvalue weighted by molar-refractivity contribution is 5.90. The summed E-state index contributed by atoms with van der Waals surface area (Å²) < 4.78 is 11.1. The summed E-state index contributed by atoms with van der Waals surface area (Å²) in [5.41, 5.74) is 2.54. The van der Waals surface area contributed by atoms with Crippen molar-refractivity contribution in [3.8, 4) is 5.75 Å². The second kappa shape index (κ2) is 7.32. The van der Waals surface area contributed by atoms with Gasteiger partial charge in [-0.25, -0.2) is 4.79 Å². The zero-order valence-corrected chi connectivity index (χ0v) is 14.3. The molecule has 0 aliphatic carbocycles. The van der Waals surface area contributed by atoms with Crippen molar-refractivity contribution in [3.63, 3.8) is 0 Å². The minimum Gasteiger partial charge on any atom is -0.489 e. The summed E-state index contributed by atoms with van der Waals surface area (Å²) >= 11 is 0. The average Bonchev–Trinajstić information content (AvgIpc) is 2.53. The quantitative estimate of drug-likeness (QED) is 0.748. The van der Waals surface area contributed by atoms with Gasteiger partial charge in [0.1, 0.15) is 12.4 Å². The summed E-state index contributed by atoms with van der Waals surface area (Å²) in [7, 11) is 0. The van der Waals surface area contributed by atoms with E-state index >= 15 is 0 Å². The average molecular weight is 312 g/mol. The number of benzene rings is 2. The maximum Gasteiger partial charge on any atom is 0.338 e. The molecule has 3 heteroatoms. The van der Waals surface area contributed by atoms with E-state index in [1.807, 2.05) is 42.5 Å². The van der Waals surface area contributed by atoms with Crippen molar-refractivity contribution in [1.82, 2.24) is 0 Å². The number of hydrogen-bond acceptors (Lipinski definition) is 3. The summed E-state index contributed by atoms with van der Waals surface area (Å²) in [6.07, 6.45) is 0. The van der Waals surface area contributed by atoms with Gasteiger partial charge in [0.15, 0.2) is 0 Å². The van der Waals surface area contributed by atoms with Crippen LogP contribution < -0.4 is 4.74 Å². The van der Waals surface area contributed by atoms with E-state index in [9.17, 15) is 4.79 Å². The first kappa shape index (κ1) is 17.1. The van der Waals surface area contributed by atoms with E-state index in [-0.39, 0.29) is 11.4 Å². The first-order valence-electron chi connectivity index (χ1n) is 7.90. The van der Waals surface area contributed by atoms with Crippen LogP contribution in [0.2, 0.25) is 0 Å². The molecule has 0 unspecified atom stereocenters. The van der Waals surface area contributed by atoms with Crippen molar-refractivity contribution in [2.24, 2.45) is 0 Å². The van der Waals surface area contributed by atoms with Crippen LogP contribution in [-0.2, 0) is 16.8 Å². The minimum absolute atomic E-state index is 0.130. The second-order valence-electron chi connectivity index (χ2n) is 6.46. The first-order chi connectivity index (χ1) is 10.9. The Morgan fingerprint density at radius 3 is 2.35 bits per heavy atom. The Labute approximate surface area is 138 Å². The predicted octanol–water partition coefficient (Wildman–Crippen LogP) is 4.74. The van der Waals surface area contributed by atoms with Crippen LogP contribution in [-0.4, -0.2) is 12.6 Å². The van der Waals surface area contributed by atoms with Crippen LogP contribution in [0.3, 0.4) is 0 Å². The fourth-order valence-electron chi connectivity index (χ4n) is 2.32. The van der Waals surface area contributed by atoms with Crippen LogP contribution >= 0.6 is 0 Å². The van der Waals surface area contributed by atoms with Crippen LogP contribution in [0.5, 0.6) is 5.75 Å². The minimum atomic E-state index is -0.299. The van der Waals surface area contributed by atoms with E-state index in [4.69, 9.17) is 9.47 Å². The van der Waals surface area contributed by atoms with Gasteiger partial charge >= 0.3 is 5.97 Å². The second-order valence-corrected chi connectivity index (χ2v) is 6.46. The van der Waals surface area contributed by atoms with E-state index < -0.39 is 0 Å². The molecule has 2 rings (SSSR count). The highest BCUT2D eigenvalue weighted by atomic mass is 16.5. The lowest BCUT2D eigenvalue weighted by Crippen LogP contribution is -2.15. The van der Waals surface area contributed by atoms with Gasteiger partial charge in [-0.1, -0.05) is 51.1 Å². The van der Waals surface area contributed by atoms with Crippen molar-refractivity contribution < 1.29 is 14.3 Å². The Morgan fingerprint density at radius 2 is 1.74 bits per heavy atom. The maximum atomic E-state index is 12.0. The molecule has 0 atom stereocenters. The molecule has 0 radical (unpaired) electrons. The molecule has 2 aromatic carbocycles. The molecule has 0 aliphatic rings. The molecule has 122 valence electrons. The van der Waals surface area contributed by atoms with Crippen molar-refractivity contribution in [2.75, 3.05) is 6.61 Å². The van der Waals surface area contributed by atoms with Crippen LogP contribution in [0.1, 0.15) is 49.2 Å². The van der Waals surface area contributed by atoms with Gasteiger partial charge in [0.2, 0.25) is 0 Å². The zero-order valence-electron chi connectivity index (χ0n) is 14.3. The topological polar surface area (TPSA) is 35.5 Å². The molecule has 0 heterocycles. The Kier molecular flexibility index (Phi) is 5.43. The van der Waals surface area contributed by atoms with Crippen molar-refractivity contribution in [1.29, 1.82) is 0 Å².